The van der Waals surface area contributed by atoms with Gasteiger partial charge in [0, 0.05) is 27.7 Å². The summed E-state index contributed by atoms with van der Waals surface area (Å²) in [5.74, 6) is 0. The van der Waals surface area contributed by atoms with Gasteiger partial charge in [0.15, 0.2) is 0 Å². The zero-order chi connectivity index (χ0) is 33.5. The lowest BCUT2D eigenvalue weighted by atomic mass is 9.70. The van der Waals surface area contributed by atoms with Gasteiger partial charge in [0.2, 0.25) is 0 Å². The number of benzene rings is 8. The highest BCUT2D eigenvalue weighted by atomic mass is 16.3. The molecule has 51 heavy (non-hydrogen) atoms. The van der Waals surface area contributed by atoms with Crippen molar-refractivity contribution < 1.29 is 4.42 Å². The van der Waals surface area contributed by atoms with Crippen LogP contribution in [0, 0.1) is 0 Å². The summed E-state index contributed by atoms with van der Waals surface area (Å²) in [6, 6.07) is 68.4. The van der Waals surface area contributed by atoms with Crippen LogP contribution in [0.4, 0.5) is 17.1 Å². The number of hydrogen-bond acceptors (Lipinski definition) is 2. The quantitative estimate of drug-likeness (QED) is 0.189. The molecule has 238 valence electrons. The van der Waals surface area contributed by atoms with Crippen molar-refractivity contribution in [3.63, 3.8) is 0 Å². The van der Waals surface area contributed by atoms with Crippen molar-refractivity contribution >= 4 is 39.0 Å². The molecule has 1 aromatic heterocycles. The zero-order valence-electron chi connectivity index (χ0n) is 27.8. The molecule has 9 aromatic rings. The molecule has 1 spiro atoms. The molecule has 0 saturated carbocycles. The minimum absolute atomic E-state index is 0.392. The molecule has 2 aliphatic rings. The van der Waals surface area contributed by atoms with Gasteiger partial charge in [-0.15, -0.1) is 0 Å². The van der Waals surface area contributed by atoms with E-state index in [4.69, 9.17) is 4.42 Å². The summed E-state index contributed by atoms with van der Waals surface area (Å²) in [7, 11) is 0. The van der Waals surface area contributed by atoms with Gasteiger partial charge < -0.3 is 9.32 Å². The predicted octanol–water partition coefficient (Wildman–Crippen LogP) is 13.1. The first-order chi connectivity index (χ1) is 25.3. The number of nitrogens with zero attached hydrogens (tertiary/aromatic N) is 1. The number of fused-ring (bicyclic) bond motifs is 13. The van der Waals surface area contributed by atoms with E-state index in [1.807, 2.05) is 12.1 Å². The Balaban J connectivity index is 1.11. The van der Waals surface area contributed by atoms with Crippen molar-refractivity contribution in [2.24, 2.45) is 0 Å². The molecule has 0 aliphatic heterocycles. The third-order valence-corrected chi connectivity index (χ3v) is 11.1. The fraction of sp³-hybridized carbons (Fsp3) is 0.0204. The Hall–Kier alpha value is -6.64. The number of hydrogen-bond donors (Lipinski definition) is 0. The smallest absolute Gasteiger partial charge is 0.136 e. The van der Waals surface area contributed by atoms with Gasteiger partial charge in [0.25, 0.3) is 0 Å². The van der Waals surface area contributed by atoms with E-state index >= 15 is 0 Å². The van der Waals surface area contributed by atoms with Crippen molar-refractivity contribution in [1.82, 2.24) is 0 Å². The van der Waals surface area contributed by atoms with E-state index in [-0.39, 0.29) is 0 Å². The highest BCUT2D eigenvalue weighted by molar-refractivity contribution is 6.06. The third-order valence-electron chi connectivity index (χ3n) is 11.1. The zero-order valence-corrected chi connectivity index (χ0v) is 27.8. The van der Waals surface area contributed by atoms with Crippen molar-refractivity contribution in [2.75, 3.05) is 4.90 Å². The first kappa shape index (κ1) is 28.2. The van der Waals surface area contributed by atoms with Crippen LogP contribution in [0.5, 0.6) is 0 Å². The van der Waals surface area contributed by atoms with Gasteiger partial charge in [0.05, 0.1) is 11.1 Å². The molecule has 2 aliphatic carbocycles. The van der Waals surface area contributed by atoms with Crippen LogP contribution in [0.25, 0.3) is 55.3 Å². The molecular weight excluding hydrogens is 619 g/mol. The predicted molar refractivity (Wildman–Crippen MR) is 210 cm³/mol. The molecule has 0 amide bonds. The van der Waals surface area contributed by atoms with E-state index in [9.17, 15) is 0 Å². The maximum absolute atomic E-state index is 6.24. The van der Waals surface area contributed by atoms with E-state index in [1.165, 1.54) is 50.2 Å². The monoisotopic (exact) mass is 649 g/mol. The fourth-order valence-electron chi connectivity index (χ4n) is 9.02. The molecule has 0 saturated heterocycles. The number of furan rings is 1. The standard InChI is InChI=1S/C49H31NO/c1-2-13-34(14-3-1)50(35-28-25-32(26-29-35)33-27-30-39-38-17-7-11-24-46(38)51-47(39)31-33)45-23-12-22-44-48(45)40-18-6-10-21-43(40)49(44)41-19-8-4-15-36(41)37-16-5-9-20-42(37)49/h1-31H. The second-order valence-electron chi connectivity index (χ2n) is 13.6. The number of para-hydroxylation sites is 2. The summed E-state index contributed by atoms with van der Waals surface area (Å²) in [6.07, 6.45) is 0. The van der Waals surface area contributed by atoms with E-state index in [2.05, 4.69) is 181 Å². The lowest BCUT2D eigenvalue weighted by Gasteiger charge is -2.31. The molecule has 0 fully saturated rings. The highest BCUT2D eigenvalue weighted by Crippen LogP contribution is 2.64. The molecule has 0 bridgehead atoms. The summed E-state index contributed by atoms with van der Waals surface area (Å²) in [4.78, 5) is 2.42. The summed E-state index contributed by atoms with van der Waals surface area (Å²) in [5, 5.41) is 2.29. The van der Waals surface area contributed by atoms with Crippen molar-refractivity contribution in [2.45, 2.75) is 5.41 Å². The van der Waals surface area contributed by atoms with Crippen LogP contribution in [0.2, 0.25) is 0 Å². The minimum Gasteiger partial charge on any atom is -0.456 e. The van der Waals surface area contributed by atoms with E-state index in [1.54, 1.807) is 0 Å². The van der Waals surface area contributed by atoms with Gasteiger partial charge in [-0.25, -0.2) is 0 Å². The van der Waals surface area contributed by atoms with Crippen molar-refractivity contribution in [3.05, 3.63) is 210 Å². The van der Waals surface area contributed by atoms with Gasteiger partial charge in [-0.1, -0.05) is 140 Å². The average Bonchev–Trinajstić information content (AvgIpc) is 3.83. The topological polar surface area (TPSA) is 16.4 Å². The van der Waals surface area contributed by atoms with Gasteiger partial charge in [-0.3, -0.25) is 0 Å². The molecule has 11 rings (SSSR count). The van der Waals surface area contributed by atoms with Crippen molar-refractivity contribution in [3.8, 4) is 33.4 Å². The third kappa shape index (κ3) is 3.87. The van der Waals surface area contributed by atoms with Crippen molar-refractivity contribution in [1.29, 1.82) is 0 Å². The Morgan fingerprint density at radius 3 is 1.67 bits per heavy atom. The van der Waals surface area contributed by atoms with Gasteiger partial charge in [-0.2, -0.15) is 0 Å². The summed E-state index contributed by atoms with van der Waals surface area (Å²) >= 11 is 0. The number of anilines is 3. The normalized spacial score (nSPS) is 13.3. The molecule has 1 heterocycles. The second-order valence-corrected chi connectivity index (χ2v) is 13.6. The maximum Gasteiger partial charge on any atom is 0.136 e. The number of rotatable bonds is 4. The second kappa shape index (κ2) is 10.7. The summed E-state index contributed by atoms with van der Waals surface area (Å²) < 4.78 is 6.24. The summed E-state index contributed by atoms with van der Waals surface area (Å²) in [5.41, 5.74) is 17.7. The minimum atomic E-state index is -0.392. The Bertz CT molecular complexity index is 2760. The Labute approximate surface area is 296 Å². The first-order valence-electron chi connectivity index (χ1n) is 17.6. The lowest BCUT2D eigenvalue weighted by Crippen LogP contribution is -2.26. The van der Waals surface area contributed by atoms with E-state index in [0.717, 1.165) is 44.4 Å². The molecule has 0 radical (unpaired) electrons. The molecule has 0 atom stereocenters. The first-order valence-corrected chi connectivity index (χ1v) is 17.6. The lowest BCUT2D eigenvalue weighted by molar-refractivity contribution is 0.669. The average molecular weight is 650 g/mol. The molecule has 2 nitrogen and oxygen atoms in total. The molecule has 0 N–H and O–H groups in total. The maximum atomic E-state index is 6.24. The van der Waals surface area contributed by atoms with E-state index < -0.39 is 5.41 Å². The Morgan fingerprint density at radius 1 is 0.373 bits per heavy atom. The van der Waals surface area contributed by atoms with E-state index in [0.29, 0.717) is 0 Å². The van der Waals surface area contributed by atoms with Crippen LogP contribution >= 0.6 is 0 Å². The van der Waals surface area contributed by atoms with Crippen LogP contribution in [0.1, 0.15) is 22.3 Å². The Kier molecular flexibility index (Phi) is 5.91. The van der Waals surface area contributed by atoms with Crippen LogP contribution in [0.15, 0.2) is 192 Å². The molecule has 8 aromatic carbocycles. The molecular formula is C49H31NO. The highest BCUT2D eigenvalue weighted by Gasteiger charge is 2.52. The van der Waals surface area contributed by atoms with Crippen LogP contribution < -0.4 is 4.90 Å². The largest absolute Gasteiger partial charge is 0.456 e. The van der Waals surface area contributed by atoms with Crippen LogP contribution in [0.3, 0.4) is 0 Å². The fourth-order valence-corrected chi connectivity index (χ4v) is 9.02. The van der Waals surface area contributed by atoms with Gasteiger partial charge in [-0.05, 0) is 98.6 Å². The SMILES string of the molecule is c1ccc(N(c2ccc(-c3ccc4c(c3)oc3ccccc34)cc2)c2cccc3c2-c2ccccc2C32c3ccccc3-c3ccccc32)cc1. The Morgan fingerprint density at radius 2 is 0.922 bits per heavy atom. The van der Waals surface area contributed by atoms with Gasteiger partial charge in [0.1, 0.15) is 11.2 Å². The van der Waals surface area contributed by atoms with Crippen LogP contribution in [-0.2, 0) is 5.41 Å². The molecule has 0 unspecified atom stereocenters. The summed E-state index contributed by atoms with van der Waals surface area (Å²) in [6.45, 7) is 0. The molecule has 2 heteroatoms. The van der Waals surface area contributed by atoms with Crippen LogP contribution in [-0.4, -0.2) is 0 Å². The van der Waals surface area contributed by atoms with Gasteiger partial charge >= 0.3 is 0 Å².